The van der Waals surface area contributed by atoms with E-state index in [1.54, 1.807) is 0 Å². The summed E-state index contributed by atoms with van der Waals surface area (Å²) in [5.74, 6) is 0. The normalized spacial score (nSPS) is 0. The van der Waals surface area contributed by atoms with E-state index in [2.05, 4.69) is 0 Å². The van der Waals surface area contributed by atoms with E-state index in [0.717, 1.165) is 0 Å². The van der Waals surface area contributed by atoms with Crippen molar-refractivity contribution < 1.29 is 26.2 Å². The van der Waals surface area contributed by atoms with Crippen LogP contribution in [0.2, 0.25) is 0 Å². The van der Waals surface area contributed by atoms with Crippen molar-refractivity contribution in [1.29, 1.82) is 0 Å². The van der Waals surface area contributed by atoms with Gasteiger partial charge in [-0.25, -0.2) is 0 Å². The Balaban J connectivity index is 0. The van der Waals surface area contributed by atoms with Gasteiger partial charge in [0.25, 0.3) is 0 Å². The molecular formula is H12CaO4. The molecule has 38 valence electrons. The van der Waals surface area contributed by atoms with Crippen LogP contribution in [0.15, 0.2) is 0 Å². The van der Waals surface area contributed by atoms with E-state index in [9.17, 15) is 0 Å². The molecule has 4 nitrogen and oxygen atoms in total. The Morgan fingerprint density at radius 1 is 0.800 bits per heavy atom. The molecular weight excluding hydrogens is 104 g/mol. The third kappa shape index (κ3) is 40.5. The van der Waals surface area contributed by atoms with Gasteiger partial charge in [0.05, 0.1) is 0 Å². The molecule has 0 spiro atoms. The van der Waals surface area contributed by atoms with Crippen LogP contribution in [-0.2, 0) is 0 Å². The van der Waals surface area contributed by atoms with Crippen LogP contribution >= 0.6 is 0 Å². The van der Waals surface area contributed by atoms with E-state index >= 15 is 0 Å². The Bertz CT molecular complexity index is 11.2. The molecule has 0 aliphatic heterocycles. The van der Waals surface area contributed by atoms with Crippen LogP contribution in [0.3, 0.4) is 0 Å². The summed E-state index contributed by atoms with van der Waals surface area (Å²) in [7, 11) is 0. The SMILES string of the molecule is O.O.O.O.[Ca+2].[H-].[H-].[HH]. The smallest absolute Gasteiger partial charge is 1.00 e. The quantitative estimate of drug-likeness (QED) is 0.295. The second-order valence-corrected chi connectivity index (χ2v) is 0. The molecule has 0 unspecified atom stereocenters. The number of hydrogen-bond acceptors (Lipinski definition) is 0. The summed E-state index contributed by atoms with van der Waals surface area (Å²) in [4.78, 5) is 0. The molecule has 0 atom stereocenters. The molecule has 0 aromatic heterocycles. The minimum Gasteiger partial charge on any atom is -1.00 e. The van der Waals surface area contributed by atoms with Crippen LogP contribution < -0.4 is 0 Å². The summed E-state index contributed by atoms with van der Waals surface area (Å²) in [6.45, 7) is 0. The van der Waals surface area contributed by atoms with E-state index < -0.39 is 0 Å². The number of rotatable bonds is 0. The maximum absolute atomic E-state index is 0. The largest absolute Gasteiger partial charge is 2.00 e. The maximum atomic E-state index is 0. The van der Waals surface area contributed by atoms with Gasteiger partial charge in [-0.05, 0) is 0 Å². The monoisotopic (exact) mass is 116 g/mol. The van der Waals surface area contributed by atoms with Crippen molar-refractivity contribution >= 4 is 37.7 Å². The molecule has 0 heterocycles. The first-order valence-corrected chi connectivity index (χ1v) is 0. The molecule has 8 N–H and O–H groups in total. The fraction of sp³-hybridized carbons (Fsp3) is 0. The Morgan fingerprint density at radius 2 is 0.800 bits per heavy atom. The second kappa shape index (κ2) is 70.9. The van der Waals surface area contributed by atoms with Crippen molar-refractivity contribution in [1.82, 2.24) is 0 Å². The average molecular weight is 116 g/mol. The fourth-order valence-electron chi connectivity index (χ4n) is 0. The number of hydrogen-bond donors (Lipinski definition) is 0. The third-order valence-electron chi connectivity index (χ3n) is 0. The van der Waals surface area contributed by atoms with E-state index in [1.807, 2.05) is 0 Å². The van der Waals surface area contributed by atoms with E-state index in [4.69, 9.17) is 0 Å². The van der Waals surface area contributed by atoms with Crippen LogP contribution in [0.5, 0.6) is 0 Å². The zero-order valence-corrected chi connectivity index (χ0v) is 4.92. The Kier molecular flexibility index (Phi) is 1860. The van der Waals surface area contributed by atoms with Crippen molar-refractivity contribution in [3.8, 4) is 0 Å². The van der Waals surface area contributed by atoms with Crippen LogP contribution in [0.4, 0.5) is 0 Å². The standard InChI is InChI=1S/Ca.4H2O.H2.2H/h;4*1H2;1H;;/q+2;;;;;;2*-1. The van der Waals surface area contributed by atoms with Crippen molar-refractivity contribution in [2.75, 3.05) is 0 Å². The molecule has 0 fully saturated rings. The summed E-state index contributed by atoms with van der Waals surface area (Å²) in [6.07, 6.45) is 0. The van der Waals surface area contributed by atoms with Crippen molar-refractivity contribution in [2.45, 2.75) is 0 Å². The summed E-state index contributed by atoms with van der Waals surface area (Å²) >= 11 is 0. The van der Waals surface area contributed by atoms with Gasteiger partial charge in [-0.15, -0.1) is 0 Å². The molecule has 0 aliphatic carbocycles. The molecule has 0 bridgehead atoms. The van der Waals surface area contributed by atoms with Crippen molar-refractivity contribution in [3.05, 3.63) is 0 Å². The van der Waals surface area contributed by atoms with E-state index in [0.29, 0.717) is 0 Å². The van der Waals surface area contributed by atoms with E-state index in [-0.39, 0.29) is 63.9 Å². The van der Waals surface area contributed by atoms with Gasteiger partial charge in [0, 0.05) is 1.43 Å². The Hall–Kier alpha value is 1.10. The molecule has 0 saturated carbocycles. The van der Waals surface area contributed by atoms with Crippen LogP contribution in [0.1, 0.15) is 4.28 Å². The molecule has 0 aromatic rings. The first-order chi connectivity index (χ1) is 0. The minimum absolute atomic E-state index is 0. The predicted molar refractivity (Wildman–Crippen MR) is 24.5 cm³/mol. The summed E-state index contributed by atoms with van der Waals surface area (Å²) < 4.78 is 0. The first kappa shape index (κ1) is 131. The molecule has 0 rings (SSSR count). The summed E-state index contributed by atoms with van der Waals surface area (Å²) in [5.41, 5.74) is 0. The van der Waals surface area contributed by atoms with Gasteiger partial charge in [0.2, 0.25) is 0 Å². The molecule has 0 saturated heterocycles. The van der Waals surface area contributed by atoms with Gasteiger partial charge in [-0.3, -0.25) is 0 Å². The van der Waals surface area contributed by atoms with Gasteiger partial charge >= 0.3 is 37.7 Å². The third-order valence-corrected chi connectivity index (χ3v) is 0. The second-order valence-electron chi connectivity index (χ2n) is 0. The van der Waals surface area contributed by atoms with Gasteiger partial charge < -0.3 is 24.8 Å². The van der Waals surface area contributed by atoms with E-state index in [1.165, 1.54) is 0 Å². The first-order valence-electron chi connectivity index (χ1n) is 0. The molecule has 0 aromatic carbocycles. The van der Waals surface area contributed by atoms with Crippen molar-refractivity contribution in [3.63, 3.8) is 0 Å². The average Bonchev–Trinajstić information content (AvgIpc) is 0. The zero-order valence-electron chi connectivity index (χ0n) is 4.71. The van der Waals surface area contributed by atoms with Crippen LogP contribution in [0, 0.1) is 0 Å². The predicted octanol–water partition coefficient (Wildman–Crippen LogP) is -3.21. The van der Waals surface area contributed by atoms with Crippen LogP contribution in [-0.4, -0.2) is 59.6 Å². The zero-order chi connectivity index (χ0) is 0. The van der Waals surface area contributed by atoms with Gasteiger partial charge in [0.15, 0.2) is 0 Å². The molecule has 0 radical (unpaired) electrons. The van der Waals surface area contributed by atoms with Crippen molar-refractivity contribution in [2.24, 2.45) is 0 Å². The molecule has 5 heteroatoms. The Labute approximate surface area is 63.9 Å². The molecule has 5 heavy (non-hydrogen) atoms. The minimum atomic E-state index is 0. The van der Waals surface area contributed by atoms with Crippen LogP contribution in [0.25, 0.3) is 0 Å². The van der Waals surface area contributed by atoms with Gasteiger partial charge in [-0.1, -0.05) is 0 Å². The molecule has 0 amide bonds. The summed E-state index contributed by atoms with van der Waals surface area (Å²) in [5, 5.41) is 0. The molecule has 0 aliphatic rings. The Morgan fingerprint density at radius 3 is 0.800 bits per heavy atom. The van der Waals surface area contributed by atoms with Gasteiger partial charge in [-0.2, -0.15) is 0 Å². The summed E-state index contributed by atoms with van der Waals surface area (Å²) in [6, 6.07) is 0. The topological polar surface area (TPSA) is 126 Å². The van der Waals surface area contributed by atoms with Gasteiger partial charge in [0.1, 0.15) is 0 Å². The fourth-order valence-corrected chi connectivity index (χ4v) is 0. The maximum Gasteiger partial charge on any atom is 2.00 e.